The molecule has 0 bridgehead atoms. The van der Waals surface area contributed by atoms with Crippen molar-refractivity contribution < 1.29 is 28.6 Å². The fourth-order valence-corrected chi connectivity index (χ4v) is 10.1. The zero-order chi connectivity index (χ0) is 55.7. The van der Waals surface area contributed by atoms with Gasteiger partial charge in [0.1, 0.15) is 13.2 Å². The van der Waals surface area contributed by atoms with Crippen molar-refractivity contribution in [2.24, 2.45) is 0 Å². The van der Waals surface area contributed by atoms with E-state index in [1.165, 1.54) is 250 Å². The Hall–Kier alpha value is -2.63. The maximum Gasteiger partial charge on any atom is 0.306 e. The van der Waals surface area contributed by atoms with Gasteiger partial charge in [-0.25, -0.2) is 0 Å². The highest BCUT2D eigenvalue weighted by molar-refractivity contribution is 5.71. The lowest BCUT2D eigenvalue weighted by Gasteiger charge is -2.18. The fourth-order valence-electron chi connectivity index (χ4n) is 10.1. The minimum atomic E-state index is -0.781. The number of hydrogen-bond acceptors (Lipinski definition) is 6. The van der Waals surface area contributed by atoms with Crippen molar-refractivity contribution in [1.29, 1.82) is 0 Å². The van der Waals surface area contributed by atoms with Crippen LogP contribution in [0.4, 0.5) is 0 Å². The number of hydrogen-bond donors (Lipinski definition) is 0. The highest BCUT2D eigenvalue weighted by atomic mass is 16.6. The van der Waals surface area contributed by atoms with Crippen LogP contribution >= 0.6 is 0 Å². The first kappa shape index (κ1) is 74.4. The Morgan fingerprint density at radius 1 is 0.260 bits per heavy atom. The molecule has 1 atom stereocenters. The molecule has 0 spiro atoms. The topological polar surface area (TPSA) is 78.9 Å². The summed E-state index contributed by atoms with van der Waals surface area (Å²) in [5, 5.41) is 0. The van der Waals surface area contributed by atoms with E-state index in [9.17, 15) is 14.4 Å². The summed E-state index contributed by atoms with van der Waals surface area (Å²) in [6, 6.07) is 0. The van der Waals surface area contributed by atoms with Gasteiger partial charge in [-0.05, 0) is 103 Å². The average molecular weight is 1080 g/mol. The zero-order valence-corrected chi connectivity index (χ0v) is 51.7. The maximum atomic E-state index is 12.9. The highest BCUT2D eigenvalue weighted by Gasteiger charge is 2.19. The van der Waals surface area contributed by atoms with Crippen molar-refractivity contribution in [1.82, 2.24) is 0 Å². The molecule has 0 aliphatic rings. The van der Waals surface area contributed by atoms with Crippen molar-refractivity contribution in [3.63, 3.8) is 0 Å². The van der Waals surface area contributed by atoms with Crippen LogP contribution in [0.25, 0.3) is 0 Å². The lowest BCUT2D eigenvalue weighted by molar-refractivity contribution is -0.167. The molecule has 6 heteroatoms. The van der Waals surface area contributed by atoms with Gasteiger partial charge in [0.05, 0.1) is 0 Å². The SMILES string of the molecule is CCCCCC/C=C\C/C=C\CCCCCCCCCC(=O)OC(COC(=O)CCCCCCC/C=C\CCCCCCCCC)COC(=O)CCCCCCCCCCCCCCC/C=C\CCCCCCCCCC. The van der Waals surface area contributed by atoms with Crippen molar-refractivity contribution in [2.75, 3.05) is 13.2 Å². The minimum absolute atomic E-state index is 0.0762. The van der Waals surface area contributed by atoms with E-state index >= 15 is 0 Å². The Kier molecular flexibility index (Phi) is 63.6. The molecule has 0 fully saturated rings. The molecule has 0 aromatic carbocycles. The third-order valence-corrected chi connectivity index (χ3v) is 15.3. The lowest BCUT2D eigenvalue weighted by atomic mass is 10.0. The van der Waals surface area contributed by atoms with E-state index in [0.29, 0.717) is 19.3 Å². The normalized spacial score (nSPS) is 12.3. The molecule has 450 valence electrons. The van der Waals surface area contributed by atoms with Crippen LogP contribution < -0.4 is 0 Å². The largest absolute Gasteiger partial charge is 0.462 e. The Labute approximate surface area is 479 Å². The summed E-state index contributed by atoms with van der Waals surface area (Å²) < 4.78 is 17.0. The van der Waals surface area contributed by atoms with Crippen LogP contribution in [0.1, 0.15) is 367 Å². The molecule has 1 unspecified atom stereocenters. The number of unbranched alkanes of at least 4 members (excludes halogenated alkanes) is 44. The van der Waals surface area contributed by atoms with Crippen molar-refractivity contribution in [3.05, 3.63) is 48.6 Å². The molecule has 0 rings (SSSR count). The van der Waals surface area contributed by atoms with E-state index in [1.807, 2.05) is 0 Å². The van der Waals surface area contributed by atoms with Gasteiger partial charge in [0.15, 0.2) is 6.10 Å². The standard InChI is InChI=1S/C71H130O6/c1-4-7-10-13-16-19-22-25-28-31-33-34-35-36-37-38-39-41-43-46-49-52-55-58-61-64-70(73)76-67-68(66-75-69(72)63-60-57-54-51-48-45-42-30-27-24-21-18-15-12-9-6-3)77-71(74)65-62-59-56-53-50-47-44-40-32-29-26-23-20-17-14-11-8-5-2/h20,23,29-33,42,68H,4-19,21-22,24-28,34-41,43-67H2,1-3H3/b23-20-,32-29-,33-31-,42-30-. The predicted molar refractivity (Wildman–Crippen MR) is 335 cm³/mol. The maximum absolute atomic E-state index is 12.9. The molecule has 0 N–H and O–H groups in total. The summed E-state index contributed by atoms with van der Waals surface area (Å²) in [5.41, 5.74) is 0. The predicted octanol–water partition coefficient (Wildman–Crippen LogP) is 23.3. The van der Waals surface area contributed by atoms with Crippen LogP contribution in [0.3, 0.4) is 0 Å². The van der Waals surface area contributed by atoms with E-state index in [-0.39, 0.29) is 31.1 Å². The van der Waals surface area contributed by atoms with Crippen molar-refractivity contribution >= 4 is 17.9 Å². The number of rotatable bonds is 63. The van der Waals surface area contributed by atoms with Gasteiger partial charge in [-0.3, -0.25) is 14.4 Å². The quantitative estimate of drug-likeness (QED) is 0.0261. The monoisotopic (exact) mass is 1080 g/mol. The Morgan fingerprint density at radius 3 is 0.740 bits per heavy atom. The Bertz CT molecular complexity index is 1330. The zero-order valence-electron chi connectivity index (χ0n) is 51.7. The van der Waals surface area contributed by atoms with E-state index < -0.39 is 6.10 Å². The highest BCUT2D eigenvalue weighted by Crippen LogP contribution is 2.17. The van der Waals surface area contributed by atoms with Crippen LogP contribution in [0.2, 0.25) is 0 Å². The van der Waals surface area contributed by atoms with E-state index in [2.05, 4.69) is 69.4 Å². The molecular weight excluding hydrogens is 949 g/mol. The van der Waals surface area contributed by atoms with Gasteiger partial charge >= 0.3 is 17.9 Å². The van der Waals surface area contributed by atoms with Crippen molar-refractivity contribution in [2.45, 2.75) is 374 Å². The van der Waals surface area contributed by atoms with Crippen LogP contribution in [0, 0.1) is 0 Å². The number of allylic oxidation sites excluding steroid dienone is 8. The summed E-state index contributed by atoms with van der Waals surface area (Å²) >= 11 is 0. The minimum Gasteiger partial charge on any atom is -0.462 e. The molecule has 77 heavy (non-hydrogen) atoms. The van der Waals surface area contributed by atoms with Crippen LogP contribution in [-0.4, -0.2) is 37.2 Å². The van der Waals surface area contributed by atoms with Gasteiger partial charge in [0, 0.05) is 19.3 Å². The molecular formula is C71H130O6. The smallest absolute Gasteiger partial charge is 0.306 e. The second-order valence-corrected chi connectivity index (χ2v) is 23.1. The molecule has 0 aliphatic heterocycles. The second-order valence-electron chi connectivity index (χ2n) is 23.1. The summed E-state index contributed by atoms with van der Waals surface area (Å²) in [7, 11) is 0. The number of carbonyl (C=O) groups is 3. The summed E-state index contributed by atoms with van der Waals surface area (Å²) in [4.78, 5) is 38.4. The average Bonchev–Trinajstić information content (AvgIpc) is 3.43. The fraction of sp³-hybridized carbons (Fsp3) is 0.845. The van der Waals surface area contributed by atoms with Crippen LogP contribution in [-0.2, 0) is 28.6 Å². The number of ether oxygens (including phenoxy) is 3. The van der Waals surface area contributed by atoms with Gasteiger partial charge in [0.2, 0.25) is 0 Å². The van der Waals surface area contributed by atoms with Gasteiger partial charge in [-0.1, -0.05) is 294 Å². The van der Waals surface area contributed by atoms with Crippen LogP contribution in [0.15, 0.2) is 48.6 Å². The molecule has 0 amide bonds. The molecule has 0 heterocycles. The molecule has 0 radical (unpaired) electrons. The van der Waals surface area contributed by atoms with E-state index in [4.69, 9.17) is 14.2 Å². The van der Waals surface area contributed by atoms with Crippen molar-refractivity contribution in [3.8, 4) is 0 Å². The van der Waals surface area contributed by atoms with Gasteiger partial charge in [0.25, 0.3) is 0 Å². The summed E-state index contributed by atoms with van der Waals surface area (Å²) in [6.07, 6.45) is 82.7. The van der Waals surface area contributed by atoms with Gasteiger partial charge in [-0.15, -0.1) is 0 Å². The van der Waals surface area contributed by atoms with Gasteiger partial charge in [-0.2, -0.15) is 0 Å². The first-order valence-electron chi connectivity index (χ1n) is 34.1. The molecule has 0 aromatic heterocycles. The van der Waals surface area contributed by atoms with E-state index in [1.54, 1.807) is 0 Å². The molecule has 0 saturated heterocycles. The number of carbonyl (C=O) groups excluding carboxylic acids is 3. The third kappa shape index (κ3) is 64.1. The van der Waals surface area contributed by atoms with Gasteiger partial charge < -0.3 is 14.2 Å². The lowest BCUT2D eigenvalue weighted by Crippen LogP contribution is -2.30. The van der Waals surface area contributed by atoms with E-state index in [0.717, 1.165) is 77.0 Å². The number of esters is 3. The molecule has 0 saturated carbocycles. The third-order valence-electron chi connectivity index (χ3n) is 15.3. The second kappa shape index (κ2) is 65.9. The summed E-state index contributed by atoms with van der Waals surface area (Å²) in [6.45, 7) is 6.67. The first-order valence-corrected chi connectivity index (χ1v) is 34.1. The molecule has 6 nitrogen and oxygen atoms in total. The molecule has 0 aliphatic carbocycles. The first-order chi connectivity index (χ1) is 38.0. The Morgan fingerprint density at radius 2 is 0.468 bits per heavy atom. The summed E-state index contributed by atoms with van der Waals surface area (Å²) in [5.74, 6) is -0.870. The molecule has 0 aromatic rings. The Balaban J connectivity index is 4.30. The van der Waals surface area contributed by atoms with Crippen LogP contribution in [0.5, 0.6) is 0 Å².